The Morgan fingerprint density at radius 1 is 1.00 bits per heavy atom. The van der Waals surface area contributed by atoms with E-state index in [0.717, 1.165) is 50.9 Å². The van der Waals surface area contributed by atoms with Crippen molar-refractivity contribution in [1.29, 1.82) is 0 Å². The standard InChI is InChI=1S/C24H31N3O2/c28-22(10-8-19-5-2-1-3-6-19)26-21-12-13-24(21)14-17-27(18-15-24)23(29)11-9-20-7-4-16-25-20/h1-7,16,21,25H,8-15,17-18H2,(H,26,28). The van der Waals surface area contributed by atoms with E-state index in [-0.39, 0.29) is 23.3 Å². The predicted molar refractivity (Wildman–Crippen MR) is 113 cm³/mol. The van der Waals surface area contributed by atoms with Gasteiger partial charge in [-0.15, -0.1) is 0 Å². The highest BCUT2D eigenvalue weighted by Gasteiger charge is 2.49. The molecule has 5 heteroatoms. The summed E-state index contributed by atoms with van der Waals surface area (Å²) < 4.78 is 0. The van der Waals surface area contributed by atoms with Gasteiger partial charge >= 0.3 is 0 Å². The first-order valence-corrected chi connectivity index (χ1v) is 10.9. The van der Waals surface area contributed by atoms with E-state index in [9.17, 15) is 9.59 Å². The molecule has 1 atom stereocenters. The molecule has 2 aliphatic rings. The average Bonchev–Trinajstić information content (AvgIpc) is 3.28. The Balaban J connectivity index is 1.21. The normalized spacial score (nSPS) is 20.3. The molecule has 0 bridgehead atoms. The van der Waals surface area contributed by atoms with E-state index in [4.69, 9.17) is 0 Å². The molecule has 154 valence electrons. The van der Waals surface area contributed by atoms with Crippen LogP contribution in [0.15, 0.2) is 48.7 Å². The van der Waals surface area contributed by atoms with Crippen molar-refractivity contribution in [1.82, 2.24) is 15.2 Å². The third kappa shape index (κ3) is 4.72. The molecule has 2 amide bonds. The summed E-state index contributed by atoms with van der Waals surface area (Å²) in [7, 11) is 0. The van der Waals surface area contributed by atoms with Gasteiger partial charge in [0.05, 0.1) is 0 Å². The molecule has 0 radical (unpaired) electrons. The minimum absolute atomic E-state index is 0.155. The van der Waals surface area contributed by atoms with Crippen LogP contribution in [0.25, 0.3) is 0 Å². The summed E-state index contributed by atoms with van der Waals surface area (Å²) in [5.41, 5.74) is 2.53. The summed E-state index contributed by atoms with van der Waals surface area (Å²) in [6, 6.07) is 14.4. The number of benzene rings is 1. The molecule has 2 heterocycles. The monoisotopic (exact) mass is 393 g/mol. The van der Waals surface area contributed by atoms with Gasteiger partial charge in [0.15, 0.2) is 0 Å². The number of nitrogens with zero attached hydrogens (tertiary/aromatic N) is 1. The molecule has 1 aromatic heterocycles. The summed E-state index contributed by atoms with van der Waals surface area (Å²) in [4.78, 5) is 30.1. The van der Waals surface area contributed by atoms with E-state index >= 15 is 0 Å². The largest absolute Gasteiger partial charge is 0.365 e. The Bertz CT molecular complexity index is 808. The Labute approximate surface area is 172 Å². The van der Waals surface area contributed by atoms with Crippen molar-refractivity contribution >= 4 is 11.8 Å². The second-order valence-corrected chi connectivity index (χ2v) is 8.58. The Kier molecular flexibility index (Phi) is 6.02. The molecule has 1 aliphatic heterocycles. The summed E-state index contributed by atoms with van der Waals surface area (Å²) >= 11 is 0. The van der Waals surface area contributed by atoms with Crippen LogP contribution in [0.2, 0.25) is 0 Å². The van der Waals surface area contributed by atoms with Crippen LogP contribution in [0.1, 0.15) is 49.8 Å². The van der Waals surface area contributed by atoms with Crippen molar-refractivity contribution in [3.63, 3.8) is 0 Å². The maximum absolute atomic E-state index is 12.5. The Morgan fingerprint density at radius 3 is 2.45 bits per heavy atom. The SMILES string of the molecule is O=C(CCc1ccccc1)NC1CCC12CCN(C(=O)CCc1ccc[nH]1)CC2. The van der Waals surface area contributed by atoms with Crippen LogP contribution in [0, 0.1) is 5.41 Å². The van der Waals surface area contributed by atoms with E-state index in [1.807, 2.05) is 41.4 Å². The summed E-state index contributed by atoms with van der Waals surface area (Å²) in [6.45, 7) is 1.64. The number of hydrogen-bond donors (Lipinski definition) is 2. The fourth-order valence-electron chi connectivity index (χ4n) is 4.81. The molecule has 2 N–H and O–H groups in total. The van der Waals surface area contributed by atoms with Crippen molar-refractivity contribution in [3.05, 3.63) is 59.9 Å². The second kappa shape index (κ2) is 8.85. The highest BCUT2D eigenvalue weighted by atomic mass is 16.2. The minimum Gasteiger partial charge on any atom is -0.365 e. The van der Waals surface area contributed by atoms with Gasteiger partial charge in [-0.1, -0.05) is 30.3 Å². The smallest absolute Gasteiger partial charge is 0.222 e. The van der Waals surface area contributed by atoms with Gasteiger partial charge in [0.2, 0.25) is 11.8 Å². The molecule has 1 unspecified atom stereocenters. The number of hydrogen-bond acceptors (Lipinski definition) is 2. The molecule has 1 saturated carbocycles. The van der Waals surface area contributed by atoms with Crippen LogP contribution in [-0.2, 0) is 22.4 Å². The van der Waals surface area contributed by atoms with Crippen LogP contribution >= 0.6 is 0 Å². The zero-order valence-electron chi connectivity index (χ0n) is 17.0. The van der Waals surface area contributed by atoms with Crippen LogP contribution in [-0.4, -0.2) is 40.8 Å². The van der Waals surface area contributed by atoms with Gasteiger partial charge in [0.1, 0.15) is 0 Å². The molecule has 1 aliphatic carbocycles. The van der Waals surface area contributed by atoms with Gasteiger partial charge in [-0.05, 0) is 61.6 Å². The molecule has 4 rings (SSSR count). The summed E-state index contributed by atoms with van der Waals surface area (Å²) in [5, 5.41) is 3.29. The summed E-state index contributed by atoms with van der Waals surface area (Å²) in [6.07, 6.45) is 8.81. The van der Waals surface area contributed by atoms with E-state index < -0.39 is 0 Å². The fourth-order valence-corrected chi connectivity index (χ4v) is 4.81. The van der Waals surface area contributed by atoms with Crippen LogP contribution < -0.4 is 5.32 Å². The van der Waals surface area contributed by atoms with E-state index in [0.29, 0.717) is 12.8 Å². The van der Waals surface area contributed by atoms with E-state index in [1.165, 1.54) is 12.0 Å². The molecule has 1 spiro atoms. The van der Waals surface area contributed by atoms with Crippen molar-refractivity contribution in [2.24, 2.45) is 5.41 Å². The van der Waals surface area contributed by atoms with E-state index in [1.54, 1.807) is 0 Å². The number of rotatable bonds is 7. The molecule has 1 saturated heterocycles. The van der Waals surface area contributed by atoms with Gasteiger partial charge in [0, 0.05) is 43.9 Å². The predicted octanol–water partition coefficient (Wildman–Crippen LogP) is 3.47. The molecule has 29 heavy (non-hydrogen) atoms. The van der Waals surface area contributed by atoms with Gasteiger partial charge < -0.3 is 15.2 Å². The Morgan fingerprint density at radius 2 is 1.79 bits per heavy atom. The maximum atomic E-state index is 12.5. The third-order valence-corrected chi connectivity index (χ3v) is 6.87. The zero-order valence-corrected chi connectivity index (χ0v) is 17.0. The van der Waals surface area contributed by atoms with Gasteiger partial charge in [-0.3, -0.25) is 9.59 Å². The molecular formula is C24H31N3O2. The quantitative estimate of drug-likeness (QED) is 0.756. The zero-order chi connectivity index (χ0) is 20.1. The van der Waals surface area contributed by atoms with Gasteiger partial charge in [0.25, 0.3) is 0 Å². The first-order valence-electron chi connectivity index (χ1n) is 10.9. The first-order chi connectivity index (χ1) is 14.1. The van der Waals surface area contributed by atoms with Crippen molar-refractivity contribution < 1.29 is 9.59 Å². The molecular weight excluding hydrogens is 362 g/mol. The topological polar surface area (TPSA) is 65.2 Å². The fraction of sp³-hybridized carbons (Fsp3) is 0.500. The highest BCUT2D eigenvalue weighted by molar-refractivity contribution is 5.77. The number of piperidine rings is 1. The lowest BCUT2D eigenvalue weighted by atomic mass is 9.59. The van der Waals surface area contributed by atoms with Crippen molar-refractivity contribution in [3.8, 4) is 0 Å². The lowest BCUT2D eigenvalue weighted by Gasteiger charge is -2.54. The molecule has 2 aromatic rings. The Hall–Kier alpha value is -2.56. The number of carbonyl (C=O) groups is 2. The number of aromatic nitrogens is 1. The number of amides is 2. The number of aryl methyl sites for hydroxylation is 2. The van der Waals surface area contributed by atoms with Crippen LogP contribution in [0.4, 0.5) is 0 Å². The average molecular weight is 394 g/mol. The maximum Gasteiger partial charge on any atom is 0.222 e. The lowest BCUT2D eigenvalue weighted by molar-refractivity contribution is -0.137. The molecule has 5 nitrogen and oxygen atoms in total. The van der Waals surface area contributed by atoms with Crippen LogP contribution in [0.3, 0.4) is 0 Å². The highest BCUT2D eigenvalue weighted by Crippen LogP contribution is 2.49. The minimum atomic E-state index is 0.155. The number of aromatic amines is 1. The lowest BCUT2D eigenvalue weighted by Crippen LogP contribution is -2.59. The number of carbonyl (C=O) groups excluding carboxylic acids is 2. The van der Waals surface area contributed by atoms with Gasteiger partial charge in [-0.2, -0.15) is 0 Å². The molecule has 1 aromatic carbocycles. The second-order valence-electron chi connectivity index (χ2n) is 8.58. The number of nitrogens with one attached hydrogen (secondary N) is 2. The van der Waals surface area contributed by atoms with Crippen molar-refractivity contribution in [2.45, 2.75) is 57.4 Å². The van der Waals surface area contributed by atoms with Gasteiger partial charge in [-0.25, -0.2) is 0 Å². The van der Waals surface area contributed by atoms with E-state index in [2.05, 4.69) is 22.4 Å². The molecule has 2 fully saturated rings. The first kappa shape index (κ1) is 19.7. The third-order valence-electron chi connectivity index (χ3n) is 6.87. The number of H-pyrrole nitrogens is 1. The van der Waals surface area contributed by atoms with Crippen molar-refractivity contribution in [2.75, 3.05) is 13.1 Å². The van der Waals surface area contributed by atoms with Crippen LogP contribution in [0.5, 0.6) is 0 Å². The summed E-state index contributed by atoms with van der Waals surface area (Å²) in [5.74, 6) is 0.402. The number of likely N-dealkylation sites (tertiary alicyclic amines) is 1.